The molecule has 0 aliphatic heterocycles. The van der Waals surface area contributed by atoms with E-state index in [0.29, 0.717) is 10.8 Å². The fraction of sp³-hybridized carbons (Fsp3) is 0.133. The van der Waals surface area contributed by atoms with Gasteiger partial charge < -0.3 is 9.47 Å². The summed E-state index contributed by atoms with van der Waals surface area (Å²) in [6.45, 7) is 0.115. The largest absolute Gasteiger partial charge is 0.490 e. The molecular formula is C15H11Cl2NO5. The normalized spacial score (nSPS) is 10.2. The molecule has 0 fully saturated rings. The molecule has 2 rings (SSSR count). The zero-order valence-electron chi connectivity index (χ0n) is 11.7. The Labute approximate surface area is 141 Å². The van der Waals surface area contributed by atoms with E-state index >= 15 is 0 Å². The molecule has 0 heterocycles. The minimum Gasteiger partial charge on any atom is -0.490 e. The molecule has 0 radical (unpaired) electrons. The lowest BCUT2D eigenvalue weighted by atomic mass is 10.2. The van der Waals surface area contributed by atoms with E-state index in [4.69, 9.17) is 32.7 Å². The van der Waals surface area contributed by atoms with Crippen molar-refractivity contribution in [2.75, 3.05) is 13.2 Å². The van der Waals surface area contributed by atoms with E-state index in [9.17, 15) is 14.9 Å². The van der Waals surface area contributed by atoms with E-state index in [1.807, 2.05) is 0 Å². The molecule has 2 aromatic rings. The van der Waals surface area contributed by atoms with Gasteiger partial charge >= 0.3 is 5.97 Å². The van der Waals surface area contributed by atoms with E-state index in [2.05, 4.69) is 0 Å². The molecule has 0 amide bonds. The Balaban J connectivity index is 1.88. The summed E-state index contributed by atoms with van der Waals surface area (Å²) in [6, 6.07) is 10.5. The number of nitro groups is 1. The first-order chi connectivity index (χ1) is 11.0. The molecule has 0 N–H and O–H groups in total. The maximum atomic E-state index is 11.8. The van der Waals surface area contributed by atoms with Crippen LogP contribution >= 0.6 is 23.2 Å². The summed E-state index contributed by atoms with van der Waals surface area (Å²) in [5, 5.41) is 11.3. The Morgan fingerprint density at radius 1 is 1.13 bits per heavy atom. The number of hydrogen-bond donors (Lipinski definition) is 0. The van der Waals surface area contributed by atoms with Gasteiger partial charge in [0.05, 0.1) is 10.5 Å². The molecule has 0 saturated carbocycles. The fourth-order valence-corrected chi connectivity index (χ4v) is 2.08. The van der Waals surface area contributed by atoms with Crippen LogP contribution in [0.25, 0.3) is 0 Å². The van der Waals surface area contributed by atoms with Gasteiger partial charge in [-0.3, -0.25) is 10.1 Å². The zero-order valence-corrected chi connectivity index (χ0v) is 13.2. The minimum atomic E-state index is -0.695. The Morgan fingerprint density at radius 3 is 2.61 bits per heavy atom. The molecule has 0 aromatic heterocycles. The molecule has 0 aliphatic carbocycles. The molecule has 0 spiro atoms. The maximum Gasteiger partial charge on any atom is 0.338 e. The summed E-state index contributed by atoms with van der Waals surface area (Å²) >= 11 is 11.5. The van der Waals surface area contributed by atoms with Gasteiger partial charge in [0.2, 0.25) is 0 Å². The average molecular weight is 356 g/mol. The van der Waals surface area contributed by atoms with Crippen LogP contribution in [0.4, 0.5) is 5.69 Å². The van der Waals surface area contributed by atoms with Crippen molar-refractivity contribution in [2.45, 2.75) is 0 Å². The zero-order chi connectivity index (χ0) is 16.8. The van der Waals surface area contributed by atoms with Crippen LogP contribution in [0.3, 0.4) is 0 Å². The van der Waals surface area contributed by atoms with Crippen LogP contribution in [0.2, 0.25) is 10.0 Å². The van der Waals surface area contributed by atoms with Gasteiger partial charge in [-0.05, 0) is 30.3 Å². The molecule has 6 nitrogen and oxygen atoms in total. The van der Waals surface area contributed by atoms with E-state index in [1.54, 1.807) is 24.3 Å². The summed E-state index contributed by atoms with van der Waals surface area (Å²) in [5.74, 6) is -0.143. The van der Waals surface area contributed by atoms with E-state index in [-0.39, 0.29) is 29.5 Å². The SMILES string of the molecule is O=C(OCCOc1cccc(Cl)c1)c1ccc(Cl)c([N+](=O)[O-])c1. The van der Waals surface area contributed by atoms with Crippen molar-refractivity contribution >= 4 is 34.9 Å². The summed E-state index contributed by atoms with van der Waals surface area (Å²) < 4.78 is 10.4. The number of hydrogen-bond acceptors (Lipinski definition) is 5. The van der Waals surface area contributed by atoms with Crippen molar-refractivity contribution in [2.24, 2.45) is 0 Å². The van der Waals surface area contributed by atoms with Gasteiger partial charge in [0, 0.05) is 11.1 Å². The van der Waals surface area contributed by atoms with Gasteiger partial charge in [-0.25, -0.2) is 4.79 Å². The van der Waals surface area contributed by atoms with E-state index < -0.39 is 10.9 Å². The molecule has 0 aliphatic rings. The summed E-state index contributed by atoms with van der Waals surface area (Å²) in [7, 11) is 0. The van der Waals surface area contributed by atoms with E-state index in [1.165, 1.54) is 12.1 Å². The fourth-order valence-electron chi connectivity index (χ4n) is 1.71. The van der Waals surface area contributed by atoms with Crippen molar-refractivity contribution in [1.29, 1.82) is 0 Å². The molecule has 23 heavy (non-hydrogen) atoms. The first-order valence-electron chi connectivity index (χ1n) is 6.47. The Kier molecular flexibility index (Phi) is 5.78. The van der Waals surface area contributed by atoms with Crippen LogP contribution in [0, 0.1) is 10.1 Å². The second kappa shape index (κ2) is 7.80. The molecule has 0 unspecified atom stereocenters. The van der Waals surface area contributed by atoms with Crippen molar-refractivity contribution < 1.29 is 19.2 Å². The Morgan fingerprint density at radius 2 is 1.91 bits per heavy atom. The second-order valence-corrected chi connectivity index (χ2v) is 5.21. The van der Waals surface area contributed by atoms with Gasteiger partial charge in [0.25, 0.3) is 5.69 Å². The van der Waals surface area contributed by atoms with Gasteiger partial charge in [-0.15, -0.1) is 0 Å². The quantitative estimate of drug-likeness (QED) is 0.336. The van der Waals surface area contributed by atoms with Crippen molar-refractivity contribution in [3.8, 4) is 5.75 Å². The third-order valence-electron chi connectivity index (χ3n) is 2.76. The highest BCUT2D eigenvalue weighted by molar-refractivity contribution is 6.32. The summed E-state index contributed by atoms with van der Waals surface area (Å²) in [4.78, 5) is 21.9. The molecule has 2 aromatic carbocycles. The maximum absolute atomic E-state index is 11.8. The second-order valence-electron chi connectivity index (χ2n) is 4.37. The van der Waals surface area contributed by atoms with Gasteiger partial charge in [0.15, 0.2) is 0 Å². The number of esters is 1. The molecule has 0 saturated heterocycles. The number of nitro benzene ring substituents is 1. The lowest BCUT2D eigenvalue weighted by molar-refractivity contribution is -0.384. The number of rotatable bonds is 6. The highest BCUT2D eigenvalue weighted by atomic mass is 35.5. The van der Waals surface area contributed by atoms with Crippen LogP contribution in [-0.2, 0) is 4.74 Å². The van der Waals surface area contributed by atoms with Crippen LogP contribution in [0.15, 0.2) is 42.5 Å². The van der Waals surface area contributed by atoms with Gasteiger partial charge in [-0.1, -0.05) is 29.3 Å². The molecule has 0 bridgehead atoms. The lowest BCUT2D eigenvalue weighted by Gasteiger charge is -2.08. The number of halogens is 2. The Bertz CT molecular complexity index is 736. The predicted molar refractivity (Wildman–Crippen MR) is 85.3 cm³/mol. The highest BCUT2D eigenvalue weighted by Crippen LogP contribution is 2.25. The smallest absolute Gasteiger partial charge is 0.338 e. The van der Waals surface area contributed by atoms with Gasteiger partial charge in [0.1, 0.15) is 24.0 Å². The topological polar surface area (TPSA) is 78.7 Å². The number of ether oxygens (including phenoxy) is 2. The number of benzene rings is 2. The van der Waals surface area contributed by atoms with Crippen molar-refractivity contribution in [3.63, 3.8) is 0 Å². The lowest BCUT2D eigenvalue weighted by Crippen LogP contribution is -2.12. The molecule has 8 heteroatoms. The monoisotopic (exact) mass is 355 g/mol. The van der Waals surface area contributed by atoms with Gasteiger partial charge in [-0.2, -0.15) is 0 Å². The summed E-state index contributed by atoms with van der Waals surface area (Å²) in [5.41, 5.74) is -0.305. The first kappa shape index (κ1) is 17.1. The minimum absolute atomic E-state index is 0.0121. The number of nitrogens with zero attached hydrogens (tertiary/aromatic N) is 1. The molecule has 120 valence electrons. The third-order valence-corrected chi connectivity index (χ3v) is 3.31. The van der Waals surface area contributed by atoms with Crippen LogP contribution < -0.4 is 4.74 Å². The average Bonchev–Trinajstić information content (AvgIpc) is 2.51. The van der Waals surface area contributed by atoms with Crippen molar-refractivity contribution in [1.82, 2.24) is 0 Å². The van der Waals surface area contributed by atoms with Crippen LogP contribution in [-0.4, -0.2) is 24.1 Å². The molecule has 0 atom stereocenters. The standard InChI is InChI=1S/C15H11Cl2NO5/c16-11-2-1-3-12(9-11)22-6-7-23-15(19)10-4-5-13(17)14(8-10)18(20)21/h1-5,8-9H,6-7H2. The highest BCUT2D eigenvalue weighted by Gasteiger charge is 2.17. The number of carbonyl (C=O) groups is 1. The van der Waals surface area contributed by atoms with Crippen molar-refractivity contribution in [3.05, 3.63) is 68.2 Å². The third kappa shape index (κ3) is 4.84. The Hall–Kier alpha value is -2.31. The van der Waals surface area contributed by atoms with Crippen LogP contribution in [0.1, 0.15) is 10.4 Å². The van der Waals surface area contributed by atoms with E-state index in [0.717, 1.165) is 6.07 Å². The molecular weight excluding hydrogens is 345 g/mol. The van der Waals surface area contributed by atoms with Crippen LogP contribution in [0.5, 0.6) is 5.75 Å². The number of carbonyl (C=O) groups excluding carboxylic acids is 1. The summed E-state index contributed by atoms with van der Waals surface area (Å²) in [6.07, 6.45) is 0. The first-order valence-corrected chi connectivity index (χ1v) is 7.22. The predicted octanol–water partition coefficient (Wildman–Crippen LogP) is 4.14.